The van der Waals surface area contributed by atoms with Crippen LogP contribution in [-0.2, 0) is 5.79 Å². The van der Waals surface area contributed by atoms with Gasteiger partial charge in [0.05, 0.1) is 0 Å². The maximum atomic E-state index is 12.8. The minimum absolute atomic E-state index is 0.0251. The van der Waals surface area contributed by atoms with E-state index in [1.54, 1.807) is 30.4 Å². The minimum atomic E-state index is -0.891. The van der Waals surface area contributed by atoms with Gasteiger partial charge >= 0.3 is 0 Å². The van der Waals surface area contributed by atoms with Crippen LogP contribution in [0, 0.1) is 5.92 Å². The number of amides is 1. The number of carbonyl (C=O) groups excluding carboxylic acids is 1. The summed E-state index contributed by atoms with van der Waals surface area (Å²) >= 11 is 0. The molecule has 1 fully saturated rings. The second kappa shape index (κ2) is 15.6. The van der Waals surface area contributed by atoms with E-state index < -0.39 is 5.79 Å². The van der Waals surface area contributed by atoms with E-state index in [-0.39, 0.29) is 18.4 Å². The number of hydrogen-bond acceptors (Lipinski definition) is 4. The van der Waals surface area contributed by atoms with Crippen molar-refractivity contribution in [2.24, 2.45) is 5.92 Å². The molecular weight excluding hydrogens is 450 g/mol. The van der Waals surface area contributed by atoms with Gasteiger partial charge in [-0.2, -0.15) is 0 Å². The van der Waals surface area contributed by atoms with Crippen LogP contribution in [0.1, 0.15) is 63.4 Å². The predicted molar refractivity (Wildman–Crippen MR) is 149 cm³/mol. The van der Waals surface area contributed by atoms with Crippen LogP contribution in [-0.4, -0.2) is 35.6 Å². The second-order valence-corrected chi connectivity index (χ2v) is 8.58. The molecule has 0 saturated carbocycles. The summed E-state index contributed by atoms with van der Waals surface area (Å²) in [6.45, 7) is 21.5. The zero-order chi connectivity index (χ0) is 27.1. The third kappa shape index (κ3) is 8.72. The van der Waals surface area contributed by atoms with Crippen molar-refractivity contribution in [2.45, 2.75) is 53.2 Å². The van der Waals surface area contributed by atoms with Gasteiger partial charge in [-0.25, -0.2) is 0 Å². The maximum Gasteiger partial charge on any atom is 0.275 e. The maximum absolute atomic E-state index is 12.8. The molecule has 0 aliphatic carbocycles. The first kappa shape index (κ1) is 30.7. The lowest BCUT2D eigenvalue weighted by Gasteiger charge is -2.31. The van der Waals surface area contributed by atoms with Crippen LogP contribution in [0.2, 0.25) is 0 Å². The number of nitrogens with zero attached hydrogens (tertiary/aromatic N) is 1. The van der Waals surface area contributed by atoms with Gasteiger partial charge in [-0.15, -0.1) is 6.58 Å². The van der Waals surface area contributed by atoms with Gasteiger partial charge in [0.25, 0.3) is 11.7 Å². The summed E-state index contributed by atoms with van der Waals surface area (Å²) in [5, 5.41) is 9.38. The number of ether oxygens (including phenoxy) is 2. The fourth-order valence-corrected chi connectivity index (χ4v) is 3.69. The SMILES string of the molecule is C=CC.C=CC(=C)C.CC.CC1(c2ccccc2)Oc2ccc(C(=O)N3CCCC(CO)C3)cc2O1. The van der Waals surface area contributed by atoms with Gasteiger partial charge in [-0.3, -0.25) is 4.79 Å². The van der Waals surface area contributed by atoms with E-state index in [1.807, 2.05) is 69.9 Å². The van der Waals surface area contributed by atoms with E-state index in [0.717, 1.165) is 30.5 Å². The van der Waals surface area contributed by atoms with E-state index in [9.17, 15) is 9.90 Å². The lowest BCUT2D eigenvalue weighted by atomic mass is 9.98. The van der Waals surface area contributed by atoms with Gasteiger partial charge in [0.2, 0.25) is 0 Å². The van der Waals surface area contributed by atoms with Gasteiger partial charge in [-0.1, -0.05) is 75.1 Å². The summed E-state index contributed by atoms with van der Waals surface area (Å²) in [6, 6.07) is 15.1. The van der Waals surface area contributed by atoms with Crippen LogP contribution in [0.5, 0.6) is 11.5 Å². The Kier molecular flexibility index (Phi) is 13.3. The van der Waals surface area contributed by atoms with E-state index in [1.165, 1.54) is 0 Å². The van der Waals surface area contributed by atoms with E-state index in [0.29, 0.717) is 23.6 Å². The molecule has 2 aromatic rings. The average Bonchev–Trinajstić information content (AvgIpc) is 3.27. The molecule has 2 aliphatic heterocycles. The number of fused-ring (bicyclic) bond motifs is 1. The van der Waals surface area contributed by atoms with Crippen molar-refractivity contribution < 1.29 is 19.4 Å². The van der Waals surface area contributed by atoms with Crippen LogP contribution in [0.15, 0.2) is 86.0 Å². The Morgan fingerprint density at radius 2 is 1.72 bits per heavy atom. The van der Waals surface area contributed by atoms with E-state index in [4.69, 9.17) is 9.47 Å². The Labute approximate surface area is 217 Å². The van der Waals surface area contributed by atoms with Gasteiger partial charge in [-0.05, 0) is 50.8 Å². The standard InChI is InChI=1S/C21H23NO4.C5H8.C3H6.C2H6/c1-21(17-7-3-2-4-8-17)25-18-10-9-16(12-19(18)26-21)20(24)22-11-5-6-15(13-22)14-23;1-4-5(2)3;1-3-2;1-2/h2-4,7-10,12,15,23H,5-6,11,13-14H2,1H3;4H,1-2H2,3H3;3H,1H2,2H3;1-2H3. The summed E-state index contributed by atoms with van der Waals surface area (Å²) in [5.41, 5.74) is 2.53. The van der Waals surface area contributed by atoms with Gasteiger partial charge in [0.15, 0.2) is 11.5 Å². The smallest absolute Gasteiger partial charge is 0.275 e. The van der Waals surface area contributed by atoms with Crippen LogP contribution in [0.25, 0.3) is 0 Å². The largest absolute Gasteiger partial charge is 0.445 e. The highest BCUT2D eigenvalue weighted by molar-refractivity contribution is 5.95. The molecule has 0 radical (unpaired) electrons. The molecule has 2 aromatic carbocycles. The van der Waals surface area contributed by atoms with Crippen molar-refractivity contribution in [1.82, 2.24) is 4.90 Å². The van der Waals surface area contributed by atoms with Crippen LogP contribution >= 0.6 is 0 Å². The third-order valence-electron chi connectivity index (χ3n) is 5.51. The molecule has 1 saturated heterocycles. The molecule has 0 bridgehead atoms. The fraction of sp³-hybridized carbons (Fsp3) is 0.387. The highest BCUT2D eigenvalue weighted by Crippen LogP contribution is 2.44. The third-order valence-corrected chi connectivity index (χ3v) is 5.51. The van der Waals surface area contributed by atoms with Gasteiger partial charge in [0, 0.05) is 37.7 Å². The van der Waals surface area contributed by atoms with Crippen molar-refractivity contribution in [3.05, 3.63) is 97.1 Å². The molecule has 2 atom stereocenters. The number of benzene rings is 2. The number of aliphatic hydroxyl groups excluding tert-OH is 1. The summed E-state index contributed by atoms with van der Waals surface area (Å²) in [5.74, 6) is 0.474. The van der Waals surface area contributed by atoms with Crippen molar-refractivity contribution in [3.63, 3.8) is 0 Å². The van der Waals surface area contributed by atoms with Gasteiger partial charge in [0.1, 0.15) is 0 Å². The molecule has 2 heterocycles. The van der Waals surface area contributed by atoms with Crippen molar-refractivity contribution in [3.8, 4) is 11.5 Å². The van der Waals surface area contributed by atoms with E-state index in [2.05, 4.69) is 19.7 Å². The lowest BCUT2D eigenvalue weighted by molar-refractivity contribution is -0.0680. The number of aliphatic hydroxyl groups is 1. The molecule has 5 heteroatoms. The zero-order valence-corrected chi connectivity index (χ0v) is 22.6. The fourth-order valence-electron chi connectivity index (χ4n) is 3.69. The Bertz CT molecular complexity index is 985. The topological polar surface area (TPSA) is 59.0 Å². The Morgan fingerprint density at radius 1 is 1.14 bits per heavy atom. The minimum Gasteiger partial charge on any atom is -0.445 e. The van der Waals surface area contributed by atoms with Crippen LogP contribution in [0.3, 0.4) is 0 Å². The molecular formula is C31H43NO4. The quantitative estimate of drug-likeness (QED) is 0.363. The first-order valence-electron chi connectivity index (χ1n) is 12.6. The Morgan fingerprint density at radius 3 is 2.28 bits per heavy atom. The zero-order valence-electron chi connectivity index (χ0n) is 22.6. The Hall–Kier alpha value is -3.31. The van der Waals surface area contributed by atoms with Crippen molar-refractivity contribution >= 4 is 5.91 Å². The normalized spacial score (nSPS) is 19.2. The highest BCUT2D eigenvalue weighted by Gasteiger charge is 2.39. The summed E-state index contributed by atoms with van der Waals surface area (Å²) < 4.78 is 12.1. The Balaban J connectivity index is 0.000000561. The van der Waals surface area contributed by atoms with Crippen LogP contribution < -0.4 is 9.47 Å². The number of piperidine rings is 1. The molecule has 4 rings (SSSR count). The number of allylic oxidation sites excluding steroid dienone is 3. The number of carbonyl (C=O) groups is 1. The first-order chi connectivity index (χ1) is 17.3. The molecule has 5 nitrogen and oxygen atoms in total. The summed E-state index contributed by atoms with van der Waals surface area (Å²) in [6.07, 6.45) is 5.37. The van der Waals surface area contributed by atoms with E-state index >= 15 is 0 Å². The molecule has 0 aromatic heterocycles. The highest BCUT2D eigenvalue weighted by atomic mass is 16.7. The number of likely N-dealkylation sites (tertiary alicyclic amines) is 1. The van der Waals surface area contributed by atoms with Crippen molar-refractivity contribution in [1.29, 1.82) is 0 Å². The lowest BCUT2D eigenvalue weighted by Crippen LogP contribution is -2.40. The first-order valence-corrected chi connectivity index (χ1v) is 12.6. The summed E-state index contributed by atoms with van der Waals surface area (Å²) in [4.78, 5) is 14.7. The molecule has 1 N–H and O–H groups in total. The molecule has 2 aliphatic rings. The van der Waals surface area contributed by atoms with Crippen molar-refractivity contribution in [2.75, 3.05) is 19.7 Å². The molecule has 2 unspecified atom stereocenters. The molecule has 36 heavy (non-hydrogen) atoms. The molecule has 1 amide bonds. The average molecular weight is 494 g/mol. The van der Waals surface area contributed by atoms with Gasteiger partial charge < -0.3 is 19.5 Å². The number of rotatable bonds is 4. The molecule has 0 spiro atoms. The second-order valence-electron chi connectivity index (χ2n) is 8.58. The van der Waals surface area contributed by atoms with Crippen LogP contribution in [0.4, 0.5) is 0 Å². The number of hydrogen-bond donors (Lipinski definition) is 1. The summed E-state index contributed by atoms with van der Waals surface area (Å²) in [7, 11) is 0. The predicted octanol–water partition coefficient (Wildman–Crippen LogP) is 7.14. The monoisotopic (exact) mass is 493 g/mol. The molecule has 196 valence electrons.